The molecule has 2 nitrogen and oxygen atoms in total. The van der Waals surface area contributed by atoms with E-state index in [9.17, 15) is 0 Å². The molecule has 1 aliphatic carbocycles. The van der Waals surface area contributed by atoms with Crippen molar-refractivity contribution in [3.63, 3.8) is 0 Å². The van der Waals surface area contributed by atoms with E-state index in [2.05, 4.69) is 86.3 Å². The van der Waals surface area contributed by atoms with Gasteiger partial charge in [-0.3, -0.25) is 0 Å². The molecule has 0 N–H and O–H groups in total. The maximum Gasteiger partial charge on any atom is 0.119 e. The molecule has 34 heavy (non-hydrogen) atoms. The molecule has 0 radical (unpaired) electrons. The molecule has 0 heterocycles. The third kappa shape index (κ3) is 5.84. The van der Waals surface area contributed by atoms with Crippen LogP contribution in [0.4, 0.5) is 5.69 Å². The molecular formula is C32H41NO. The lowest BCUT2D eigenvalue weighted by atomic mass is 9.79. The molecular weight excluding hydrogens is 414 g/mol. The minimum absolute atomic E-state index is 0.562. The maximum absolute atomic E-state index is 5.45. The summed E-state index contributed by atoms with van der Waals surface area (Å²) in [6, 6.07) is 23.0. The highest BCUT2D eigenvalue weighted by Crippen LogP contribution is 2.39. The predicted octanol–water partition coefficient (Wildman–Crippen LogP) is 8.04. The molecule has 1 atom stereocenters. The van der Waals surface area contributed by atoms with Gasteiger partial charge in [-0.25, -0.2) is 0 Å². The number of unbranched alkanes of at least 4 members (excludes halogenated alkanes) is 2. The number of hydrogen-bond acceptors (Lipinski definition) is 2. The Hall–Kier alpha value is -2.74. The SMILES string of the molecule is CCCCCc1ccc(CN(CC)c2cc(C)ccc2[C@@H]2CCc3cc(OC)ccc3C2)cc1. The minimum Gasteiger partial charge on any atom is -0.497 e. The summed E-state index contributed by atoms with van der Waals surface area (Å²) < 4.78 is 5.45. The van der Waals surface area contributed by atoms with E-state index in [4.69, 9.17) is 4.74 Å². The largest absolute Gasteiger partial charge is 0.497 e. The van der Waals surface area contributed by atoms with Crippen LogP contribution in [0, 0.1) is 6.92 Å². The lowest BCUT2D eigenvalue weighted by Gasteiger charge is -2.32. The van der Waals surface area contributed by atoms with Crippen molar-refractivity contribution >= 4 is 5.69 Å². The third-order valence-corrected chi connectivity index (χ3v) is 7.46. The lowest BCUT2D eigenvalue weighted by molar-refractivity contribution is 0.413. The molecule has 4 rings (SSSR count). The maximum atomic E-state index is 5.45. The van der Waals surface area contributed by atoms with Gasteiger partial charge in [-0.05, 0) is 103 Å². The zero-order valence-corrected chi connectivity index (χ0v) is 21.6. The van der Waals surface area contributed by atoms with Crippen LogP contribution in [-0.2, 0) is 25.8 Å². The summed E-state index contributed by atoms with van der Waals surface area (Å²) in [6.45, 7) is 8.74. The molecule has 1 aliphatic rings. The Labute approximate surface area is 207 Å². The second-order valence-corrected chi connectivity index (χ2v) is 9.92. The highest BCUT2D eigenvalue weighted by molar-refractivity contribution is 5.58. The Bertz CT molecular complexity index is 1070. The summed E-state index contributed by atoms with van der Waals surface area (Å²) in [5.74, 6) is 1.54. The summed E-state index contributed by atoms with van der Waals surface area (Å²) in [6.07, 6.45) is 8.52. The Morgan fingerprint density at radius 2 is 1.68 bits per heavy atom. The van der Waals surface area contributed by atoms with E-state index in [-0.39, 0.29) is 0 Å². The molecule has 0 aromatic heterocycles. The van der Waals surface area contributed by atoms with Crippen LogP contribution in [0.1, 0.15) is 78.8 Å². The summed E-state index contributed by atoms with van der Waals surface area (Å²) in [4.78, 5) is 2.57. The normalized spacial score (nSPS) is 15.1. The number of anilines is 1. The zero-order chi connectivity index (χ0) is 23.9. The smallest absolute Gasteiger partial charge is 0.119 e. The number of aryl methyl sites for hydroxylation is 3. The Balaban J connectivity index is 1.53. The molecule has 0 amide bonds. The predicted molar refractivity (Wildman–Crippen MR) is 145 cm³/mol. The van der Waals surface area contributed by atoms with E-state index < -0.39 is 0 Å². The first-order chi connectivity index (χ1) is 16.6. The van der Waals surface area contributed by atoms with E-state index in [1.54, 1.807) is 7.11 Å². The topological polar surface area (TPSA) is 12.5 Å². The molecule has 3 aromatic carbocycles. The van der Waals surface area contributed by atoms with Crippen molar-refractivity contribution in [3.8, 4) is 5.75 Å². The van der Waals surface area contributed by atoms with Gasteiger partial charge in [0.05, 0.1) is 7.11 Å². The first-order valence-corrected chi connectivity index (χ1v) is 13.2. The van der Waals surface area contributed by atoms with Gasteiger partial charge in [0.2, 0.25) is 0 Å². The molecule has 0 fully saturated rings. The van der Waals surface area contributed by atoms with Crippen LogP contribution in [-0.4, -0.2) is 13.7 Å². The Kier molecular flexibility index (Phi) is 8.32. The molecule has 0 spiro atoms. The first kappa shape index (κ1) is 24.4. The third-order valence-electron chi connectivity index (χ3n) is 7.46. The highest BCUT2D eigenvalue weighted by atomic mass is 16.5. The zero-order valence-electron chi connectivity index (χ0n) is 21.6. The molecule has 0 saturated heterocycles. The molecule has 3 aromatic rings. The van der Waals surface area contributed by atoms with Gasteiger partial charge in [0.25, 0.3) is 0 Å². The second kappa shape index (κ2) is 11.6. The number of rotatable bonds is 10. The van der Waals surface area contributed by atoms with Crippen molar-refractivity contribution in [3.05, 3.63) is 94.0 Å². The van der Waals surface area contributed by atoms with Gasteiger partial charge < -0.3 is 9.64 Å². The molecule has 180 valence electrons. The van der Waals surface area contributed by atoms with Crippen LogP contribution in [0.15, 0.2) is 60.7 Å². The highest BCUT2D eigenvalue weighted by Gasteiger charge is 2.24. The summed E-state index contributed by atoms with van der Waals surface area (Å²) in [7, 11) is 1.76. The van der Waals surface area contributed by atoms with Gasteiger partial charge in [-0.1, -0.05) is 62.2 Å². The fourth-order valence-electron chi connectivity index (χ4n) is 5.37. The van der Waals surface area contributed by atoms with Gasteiger partial charge >= 0.3 is 0 Å². The first-order valence-electron chi connectivity index (χ1n) is 13.2. The number of ether oxygens (including phenoxy) is 1. The molecule has 0 saturated carbocycles. The second-order valence-electron chi connectivity index (χ2n) is 9.92. The number of methoxy groups -OCH3 is 1. The average Bonchev–Trinajstić information content (AvgIpc) is 2.87. The molecule has 0 unspecified atom stereocenters. The van der Waals surface area contributed by atoms with E-state index in [0.717, 1.165) is 31.7 Å². The number of benzene rings is 3. The van der Waals surface area contributed by atoms with Crippen LogP contribution in [0.3, 0.4) is 0 Å². The van der Waals surface area contributed by atoms with Crippen LogP contribution in [0.5, 0.6) is 5.75 Å². The van der Waals surface area contributed by atoms with Crippen molar-refractivity contribution in [2.45, 2.75) is 78.2 Å². The monoisotopic (exact) mass is 455 g/mol. The number of hydrogen-bond donors (Lipinski definition) is 0. The summed E-state index contributed by atoms with van der Waals surface area (Å²) in [5, 5.41) is 0. The van der Waals surface area contributed by atoms with Gasteiger partial charge in [0.15, 0.2) is 0 Å². The molecule has 2 heteroatoms. The number of nitrogens with zero attached hydrogens (tertiary/aromatic N) is 1. The quantitative estimate of drug-likeness (QED) is 0.287. The van der Waals surface area contributed by atoms with Crippen LogP contribution in [0.2, 0.25) is 0 Å². The Morgan fingerprint density at radius 1 is 0.882 bits per heavy atom. The number of fused-ring (bicyclic) bond motifs is 1. The fraction of sp³-hybridized carbons (Fsp3) is 0.438. The van der Waals surface area contributed by atoms with Crippen molar-refractivity contribution in [1.82, 2.24) is 0 Å². The van der Waals surface area contributed by atoms with Crippen molar-refractivity contribution in [2.75, 3.05) is 18.6 Å². The minimum atomic E-state index is 0.562. The van der Waals surface area contributed by atoms with Gasteiger partial charge in [0.1, 0.15) is 5.75 Å². The average molecular weight is 456 g/mol. The summed E-state index contributed by atoms with van der Waals surface area (Å²) in [5.41, 5.74) is 10.1. The summed E-state index contributed by atoms with van der Waals surface area (Å²) >= 11 is 0. The van der Waals surface area contributed by atoms with Crippen LogP contribution < -0.4 is 9.64 Å². The van der Waals surface area contributed by atoms with E-state index >= 15 is 0 Å². The standard InChI is InChI=1S/C32H41NO/c1-5-7-8-9-25-11-13-26(14-12-25)23-33(6-2)32-20-24(3)10-19-31(32)29-16-15-28-22-30(34-4)18-17-27(28)21-29/h10-14,17-20,22,29H,5-9,15-16,21,23H2,1-4H3/t29-/m1/s1. The van der Waals surface area contributed by atoms with E-state index in [1.165, 1.54) is 71.2 Å². The van der Waals surface area contributed by atoms with Gasteiger partial charge in [-0.15, -0.1) is 0 Å². The van der Waals surface area contributed by atoms with Gasteiger partial charge in [-0.2, -0.15) is 0 Å². The lowest BCUT2D eigenvalue weighted by Crippen LogP contribution is -2.25. The van der Waals surface area contributed by atoms with E-state index in [1.807, 2.05) is 0 Å². The molecule has 0 bridgehead atoms. The molecule has 0 aliphatic heterocycles. The van der Waals surface area contributed by atoms with Crippen molar-refractivity contribution < 1.29 is 4.74 Å². The van der Waals surface area contributed by atoms with Crippen LogP contribution >= 0.6 is 0 Å². The fourth-order valence-corrected chi connectivity index (χ4v) is 5.37. The Morgan fingerprint density at radius 3 is 2.41 bits per heavy atom. The van der Waals surface area contributed by atoms with Crippen molar-refractivity contribution in [2.24, 2.45) is 0 Å². The van der Waals surface area contributed by atoms with Crippen molar-refractivity contribution in [1.29, 1.82) is 0 Å². The van der Waals surface area contributed by atoms with E-state index in [0.29, 0.717) is 5.92 Å². The van der Waals surface area contributed by atoms with Crippen LogP contribution in [0.25, 0.3) is 0 Å². The van der Waals surface area contributed by atoms with Gasteiger partial charge in [0, 0.05) is 18.8 Å².